The molecule has 0 aliphatic carbocycles. The maximum Gasteiger partial charge on any atom is 0.143 e. The van der Waals surface area contributed by atoms with Gasteiger partial charge in [0.1, 0.15) is 11.3 Å². The summed E-state index contributed by atoms with van der Waals surface area (Å²) in [4.78, 5) is 2.34. The van der Waals surface area contributed by atoms with E-state index in [0.29, 0.717) is 0 Å². The number of benzene rings is 10. The van der Waals surface area contributed by atoms with Gasteiger partial charge in [0.05, 0.1) is 0 Å². The molecule has 11 aromatic rings. The number of hydrogen-bond donors (Lipinski definition) is 0. The van der Waals surface area contributed by atoms with Crippen LogP contribution in [0.25, 0.3) is 89.1 Å². The summed E-state index contributed by atoms with van der Waals surface area (Å²) in [6, 6.07) is 93.0. The Hall–Kier alpha value is -8.46. The van der Waals surface area contributed by atoms with E-state index in [9.17, 15) is 0 Å². The molecule has 1 heterocycles. The maximum atomic E-state index is 6.72. The lowest BCUT2D eigenvalue weighted by molar-refractivity contribution is 0.632. The number of fused-ring (bicyclic) bond motifs is 1. The first-order chi connectivity index (χ1) is 31.7. The van der Waals surface area contributed by atoms with Gasteiger partial charge in [0.25, 0.3) is 0 Å². The second-order valence-corrected chi connectivity index (χ2v) is 16.0. The van der Waals surface area contributed by atoms with Crippen LogP contribution < -0.4 is 4.90 Å². The molecule has 0 amide bonds. The van der Waals surface area contributed by atoms with Gasteiger partial charge in [-0.2, -0.15) is 0 Å². The summed E-state index contributed by atoms with van der Waals surface area (Å²) in [5.74, 6) is 0.853. The molecule has 0 fully saturated rings. The van der Waals surface area contributed by atoms with E-state index in [-0.39, 0.29) is 0 Å². The summed E-state index contributed by atoms with van der Waals surface area (Å²) >= 11 is 0. The SMILES string of the molecule is c1ccc(-c2ccc(-c3ccc(N(c4ccc(-c5ccccc5-c5ccccc5-c5ccccc5)cc4)c4cccc(-c5oc6ccccc6c5-c5ccccc5)c4)cc3)cc2)cc1. The van der Waals surface area contributed by atoms with Gasteiger partial charge in [-0.15, -0.1) is 0 Å². The van der Waals surface area contributed by atoms with Gasteiger partial charge in [0.2, 0.25) is 0 Å². The zero-order valence-electron chi connectivity index (χ0n) is 35.2. The van der Waals surface area contributed by atoms with Crippen molar-refractivity contribution in [2.45, 2.75) is 0 Å². The quantitative estimate of drug-likeness (QED) is 0.137. The van der Waals surface area contributed by atoms with Crippen LogP contribution in [-0.2, 0) is 0 Å². The van der Waals surface area contributed by atoms with E-state index in [1.54, 1.807) is 0 Å². The van der Waals surface area contributed by atoms with Crippen LogP contribution in [0.1, 0.15) is 0 Å². The molecule has 0 unspecified atom stereocenters. The lowest BCUT2D eigenvalue weighted by atomic mass is 9.89. The number of hydrogen-bond acceptors (Lipinski definition) is 2. The molecule has 11 rings (SSSR count). The highest BCUT2D eigenvalue weighted by Crippen LogP contribution is 2.45. The van der Waals surface area contributed by atoms with E-state index >= 15 is 0 Å². The third-order valence-corrected chi connectivity index (χ3v) is 12.1. The number of furan rings is 1. The number of anilines is 3. The lowest BCUT2D eigenvalue weighted by Crippen LogP contribution is -2.10. The highest BCUT2D eigenvalue weighted by molar-refractivity contribution is 6.02. The number of nitrogens with zero attached hydrogens (tertiary/aromatic N) is 1. The van der Waals surface area contributed by atoms with Gasteiger partial charge in [0.15, 0.2) is 0 Å². The monoisotopic (exact) mass is 817 g/mol. The molecule has 64 heavy (non-hydrogen) atoms. The summed E-state index contributed by atoms with van der Waals surface area (Å²) in [6.07, 6.45) is 0. The molecule has 0 radical (unpaired) electrons. The van der Waals surface area contributed by atoms with E-state index in [2.05, 4.69) is 260 Å². The van der Waals surface area contributed by atoms with E-state index < -0.39 is 0 Å². The highest BCUT2D eigenvalue weighted by Gasteiger charge is 2.21. The van der Waals surface area contributed by atoms with Crippen LogP contribution in [0.4, 0.5) is 17.1 Å². The van der Waals surface area contributed by atoms with Crippen LogP contribution in [0, 0.1) is 0 Å². The summed E-state index contributed by atoms with van der Waals surface area (Å²) in [7, 11) is 0. The average Bonchev–Trinajstić information content (AvgIpc) is 3.78. The molecule has 0 N–H and O–H groups in total. The first-order valence-electron chi connectivity index (χ1n) is 21.8. The van der Waals surface area contributed by atoms with Crippen molar-refractivity contribution in [3.8, 4) is 78.1 Å². The smallest absolute Gasteiger partial charge is 0.143 e. The Morgan fingerprint density at radius 3 is 1.20 bits per heavy atom. The predicted octanol–water partition coefficient (Wildman–Crippen LogP) is 17.6. The molecule has 0 spiro atoms. The zero-order chi connectivity index (χ0) is 42.7. The van der Waals surface area contributed by atoms with E-state index in [0.717, 1.165) is 61.6 Å². The van der Waals surface area contributed by atoms with Crippen molar-refractivity contribution in [3.05, 3.63) is 261 Å². The molecule has 0 aliphatic heterocycles. The zero-order valence-corrected chi connectivity index (χ0v) is 35.2. The van der Waals surface area contributed by atoms with Crippen molar-refractivity contribution in [3.63, 3.8) is 0 Å². The van der Waals surface area contributed by atoms with Crippen molar-refractivity contribution in [2.24, 2.45) is 0 Å². The van der Waals surface area contributed by atoms with Crippen LogP contribution in [0.3, 0.4) is 0 Å². The highest BCUT2D eigenvalue weighted by atomic mass is 16.3. The summed E-state index contributed by atoms with van der Waals surface area (Å²) in [6.45, 7) is 0. The minimum absolute atomic E-state index is 0.853. The fourth-order valence-corrected chi connectivity index (χ4v) is 9.01. The van der Waals surface area contributed by atoms with Gasteiger partial charge in [-0.1, -0.05) is 218 Å². The molecule has 0 atom stereocenters. The van der Waals surface area contributed by atoms with Crippen LogP contribution in [0.15, 0.2) is 265 Å². The van der Waals surface area contributed by atoms with Gasteiger partial charge in [-0.3, -0.25) is 0 Å². The fraction of sp³-hybridized carbons (Fsp3) is 0. The maximum absolute atomic E-state index is 6.72. The van der Waals surface area contributed by atoms with Crippen molar-refractivity contribution < 1.29 is 4.42 Å². The molecule has 2 heteroatoms. The van der Waals surface area contributed by atoms with Crippen LogP contribution >= 0.6 is 0 Å². The average molecular weight is 818 g/mol. The van der Waals surface area contributed by atoms with E-state index in [4.69, 9.17) is 4.42 Å². The van der Waals surface area contributed by atoms with Crippen molar-refractivity contribution in [1.82, 2.24) is 0 Å². The summed E-state index contributed by atoms with van der Waals surface area (Å²) < 4.78 is 6.72. The van der Waals surface area contributed by atoms with Gasteiger partial charge in [-0.25, -0.2) is 0 Å². The van der Waals surface area contributed by atoms with Crippen molar-refractivity contribution in [2.75, 3.05) is 4.90 Å². The van der Waals surface area contributed by atoms with Gasteiger partial charge < -0.3 is 9.32 Å². The normalized spacial score (nSPS) is 11.1. The molecular formula is C62H43NO. The number of para-hydroxylation sites is 1. The largest absolute Gasteiger partial charge is 0.455 e. The van der Waals surface area contributed by atoms with Crippen LogP contribution in [0.5, 0.6) is 0 Å². The van der Waals surface area contributed by atoms with Gasteiger partial charge in [-0.05, 0) is 104 Å². The van der Waals surface area contributed by atoms with Crippen LogP contribution in [-0.4, -0.2) is 0 Å². The predicted molar refractivity (Wildman–Crippen MR) is 269 cm³/mol. The minimum atomic E-state index is 0.853. The molecule has 0 bridgehead atoms. The third kappa shape index (κ3) is 7.48. The Kier molecular flexibility index (Phi) is 10.3. The molecule has 10 aromatic carbocycles. The standard InChI is InChI=1S/C62H43NO/c1-4-17-44(18-5-1)45-31-33-46(34-32-45)47-35-39-52(40-36-47)63(54-24-16-23-51(43-54)62-61(50-21-8-3-9-22-50)59-29-14-15-30-60(59)64-62)53-41-37-49(38-42-53)56-26-11-13-28-58(56)57-27-12-10-25-55(57)48-19-6-2-7-20-48/h1-43H. The first kappa shape index (κ1) is 38.5. The van der Waals surface area contributed by atoms with Crippen molar-refractivity contribution in [1.29, 1.82) is 0 Å². The molecule has 2 nitrogen and oxygen atoms in total. The summed E-state index contributed by atoms with van der Waals surface area (Å²) in [5, 5.41) is 1.10. The van der Waals surface area contributed by atoms with Crippen molar-refractivity contribution >= 4 is 28.0 Å². The molecular weight excluding hydrogens is 775 g/mol. The second kappa shape index (κ2) is 17.1. The van der Waals surface area contributed by atoms with E-state index in [1.807, 2.05) is 6.07 Å². The van der Waals surface area contributed by atoms with E-state index in [1.165, 1.54) is 44.5 Å². The third-order valence-electron chi connectivity index (χ3n) is 12.1. The number of rotatable bonds is 10. The molecule has 1 aromatic heterocycles. The lowest BCUT2D eigenvalue weighted by Gasteiger charge is -2.26. The molecule has 302 valence electrons. The Bertz CT molecular complexity index is 3330. The van der Waals surface area contributed by atoms with Crippen LogP contribution in [0.2, 0.25) is 0 Å². The Morgan fingerprint density at radius 2 is 0.641 bits per heavy atom. The summed E-state index contributed by atoms with van der Waals surface area (Å²) in [5.41, 5.74) is 19.2. The minimum Gasteiger partial charge on any atom is -0.455 e. The molecule has 0 saturated heterocycles. The first-order valence-corrected chi connectivity index (χ1v) is 21.8. The van der Waals surface area contributed by atoms with Gasteiger partial charge in [0, 0.05) is 33.6 Å². The Morgan fingerprint density at radius 1 is 0.250 bits per heavy atom. The Labute approximate surface area is 374 Å². The Balaban J connectivity index is 1.00. The molecule has 0 aliphatic rings. The topological polar surface area (TPSA) is 16.4 Å². The van der Waals surface area contributed by atoms with Gasteiger partial charge >= 0.3 is 0 Å². The molecule has 0 saturated carbocycles. The fourth-order valence-electron chi connectivity index (χ4n) is 9.01. The second-order valence-electron chi connectivity index (χ2n) is 16.0.